The van der Waals surface area contributed by atoms with E-state index in [4.69, 9.17) is 4.52 Å². The third-order valence-electron chi connectivity index (χ3n) is 3.75. The topological polar surface area (TPSA) is 59.2 Å². The molecule has 6 heteroatoms. The molecule has 0 aliphatic carbocycles. The van der Waals surface area contributed by atoms with E-state index in [0.717, 1.165) is 32.2 Å². The molecule has 1 aromatic heterocycles. The van der Waals surface area contributed by atoms with Gasteiger partial charge in [-0.05, 0) is 50.2 Å². The Balaban J connectivity index is 1.63. The first-order chi connectivity index (χ1) is 10.2. The van der Waals surface area contributed by atoms with E-state index in [0.29, 0.717) is 23.8 Å². The highest BCUT2D eigenvalue weighted by atomic mass is 19.1. The van der Waals surface area contributed by atoms with Crippen LogP contribution in [0.25, 0.3) is 11.5 Å². The SMILES string of the molecule is O=CC1CCN(Cc2noc(-c3ccc(F)cc3)n2)CC1. The maximum atomic E-state index is 12.9. The van der Waals surface area contributed by atoms with Crippen molar-refractivity contribution in [3.8, 4) is 11.5 Å². The van der Waals surface area contributed by atoms with Crippen molar-refractivity contribution in [1.82, 2.24) is 15.0 Å². The highest BCUT2D eigenvalue weighted by Crippen LogP contribution is 2.20. The van der Waals surface area contributed by atoms with Crippen molar-refractivity contribution in [2.45, 2.75) is 19.4 Å². The van der Waals surface area contributed by atoms with Gasteiger partial charge in [-0.3, -0.25) is 4.90 Å². The summed E-state index contributed by atoms with van der Waals surface area (Å²) < 4.78 is 18.1. The molecule has 0 amide bonds. The number of hydrogen-bond donors (Lipinski definition) is 0. The fourth-order valence-corrected chi connectivity index (χ4v) is 2.48. The van der Waals surface area contributed by atoms with Crippen LogP contribution in [0.5, 0.6) is 0 Å². The minimum absolute atomic E-state index is 0.182. The second-order valence-corrected chi connectivity index (χ2v) is 5.27. The van der Waals surface area contributed by atoms with E-state index in [1.807, 2.05) is 0 Å². The molecular formula is C15H16FN3O2. The van der Waals surface area contributed by atoms with Crippen LogP contribution in [0.1, 0.15) is 18.7 Å². The summed E-state index contributed by atoms with van der Waals surface area (Å²) in [5.41, 5.74) is 0.704. The Bertz CT molecular complexity index is 604. The molecule has 21 heavy (non-hydrogen) atoms. The van der Waals surface area contributed by atoms with Gasteiger partial charge in [-0.15, -0.1) is 0 Å². The van der Waals surface area contributed by atoms with Gasteiger partial charge in [0.15, 0.2) is 5.82 Å². The number of likely N-dealkylation sites (tertiary alicyclic amines) is 1. The van der Waals surface area contributed by atoms with Crippen molar-refractivity contribution in [3.63, 3.8) is 0 Å². The highest BCUT2D eigenvalue weighted by molar-refractivity contribution is 5.53. The molecule has 2 heterocycles. The first-order valence-corrected chi connectivity index (χ1v) is 7.01. The fourth-order valence-electron chi connectivity index (χ4n) is 2.48. The average molecular weight is 289 g/mol. The molecule has 1 aliphatic heterocycles. The van der Waals surface area contributed by atoms with E-state index in [1.165, 1.54) is 12.1 Å². The number of carbonyl (C=O) groups excluding carboxylic acids is 1. The summed E-state index contributed by atoms with van der Waals surface area (Å²) >= 11 is 0. The summed E-state index contributed by atoms with van der Waals surface area (Å²) in [6, 6.07) is 5.96. The van der Waals surface area contributed by atoms with Crippen molar-refractivity contribution in [1.29, 1.82) is 0 Å². The molecule has 0 atom stereocenters. The molecule has 1 saturated heterocycles. The zero-order chi connectivity index (χ0) is 14.7. The van der Waals surface area contributed by atoms with Crippen LogP contribution in [0, 0.1) is 11.7 Å². The second-order valence-electron chi connectivity index (χ2n) is 5.27. The van der Waals surface area contributed by atoms with Gasteiger partial charge in [0.2, 0.25) is 0 Å². The summed E-state index contributed by atoms with van der Waals surface area (Å²) in [6.07, 6.45) is 2.80. The molecule has 0 saturated carbocycles. The Morgan fingerprint density at radius 1 is 1.29 bits per heavy atom. The van der Waals surface area contributed by atoms with Gasteiger partial charge in [-0.25, -0.2) is 4.39 Å². The first kappa shape index (κ1) is 13.9. The normalized spacial score (nSPS) is 17.0. The lowest BCUT2D eigenvalue weighted by atomic mass is 9.99. The van der Waals surface area contributed by atoms with Crippen LogP contribution < -0.4 is 0 Å². The van der Waals surface area contributed by atoms with Crippen molar-refractivity contribution >= 4 is 6.29 Å². The molecule has 1 fully saturated rings. The van der Waals surface area contributed by atoms with Gasteiger partial charge in [0.1, 0.15) is 12.1 Å². The zero-order valence-corrected chi connectivity index (χ0v) is 11.5. The minimum Gasteiger partial charge on any atom is -0.334 e. The molecular weight excluding hydrogens is 273 g/mol. The molecule has 0 N–H and O–H groups in total. The Hall–Kier alpha value is -2.08. The smallest absolute Gasteiger partial charge is 0.257 e. The zero-order valence-electron chi connectivity index (χ0n) is 11.5. The predicted molar refractivity (Wildman–Crippen MR) is 73.8 cm³/mol. The van der Waals surface area contributed by atoms with Gasteiger partial charge in [-0.1, -0.05) is 5.16 Å². The van der Waals surface area contributed by atoms with Crippen LogP contribution in [-0.2, 0) is 11.3 Å². The van der Waals surface area contributed by atoms with Crippen molar-refractivity contribution in [3.05, 3.63) is 35.9 Å². The molecule has 0 radical (unpaired) electrons. The number of aldehydes is 1. The number of halogens is 1. The molecule has 110 valence electrons. The minimum atomic E-state index is -0.295. The van der Waals surface area contributed by atoms with Gasteiger partial charge < -0.3 is 9.32 Å². The summed E-state index contributed by atoms with van der Waals surface area (Å²) in [4.78, 5) is 17.3. The first-order valence-electron chi connectivity index (χ1n) is 7.01. The molecule has 0 unspecified atom stereocenters. The van der Waals surface area contributed by atoms with Crippen molar-refractivity contribution in [2.75, 3.05) is 13.1 Å². The summed E-state index contributed by atoms with van der Waals surface area (Å²) in [5.74, 6) is 0.893. The monoisotopic (exact) mass is 289 g/mol. The van der Waals surface area contributed by atoms with Crippen LogP contribution in [0.15, 0.2) is 28.8 Å². The quantitative estimate of drug-likeness (QED) is 0.808. The van der Waals surface area contributed by atoms with Crippen LogP contribution in [0.2, 0.25) is 0 Å². The lowest BCUT2D eigenvalue weighted by Gasteiger charge is -2.28. The Labute approximate surface area is 121 Å². The third kappa shape index (κ3) is 3.33. The Kier molecular flexibility index (Phi) is 4.06. The predicted octanol–water partition coefficient (Wildman–Crippen LogP) is 2.29. The third-order valence-corrected chi connectivity index (χ3v) is 3.75. The largest absolute Gasteiger partial charge is 0.334 e. The number of nitrogens with zero attached hydrogens (tertiary/aromatic N) is 3. The standard InChI is InChI=1S/C15H16FN3O2/c16-13-3-1-12(2-4-13)15-17-14(18-21-15)9-19-7-5-11(10-20)6-8-19/h1-4,10-11H,5-9H2. The fraction of sp³-hybridized carbons (Fsp3) is 0.400. The number of piperidine rings is 1. The second kappa shape index (κ2) is 6.13. The maximum absolute atomic E-state index is 12.9. The van der Waals surface area contributed by atoms with Gasteiger partial charge in [-0.2, -0.15) is 4.98 Å². The van der Waals surface area contributed by atoms with Gasteiger partial charge in [0.05, 0.1) is 6.54 Å². The van der Waals surface area contributed by atoms with Gasteiger partial charge >= 0.3 is 0 Å². The molecule has 0 bridgehead atoms. The van der Waals surface area contributed by atoms with Gasteiger partial charge in [0, 0.05) is 11.5 Å². The summed E-state index contributed by atoms with van der Waals surface area (Å²) in [7, 11) is 0. The molecule has 3 rings (SSSR count). The van der Waals surface area contributed by atoms with E-state index in [-0.39, 0.29) is 11.7 Å². The number of hydrogen-bond acceptors (Lipinski definition) is 5. The molecule has 5 nitrogen and oxygen atoms in total. The Morgan fingerprint density at radius 2 is 2.00 bits per heavy atom. The summed E-state index contributed by atoms with van der Waals surface area (Å²) in [5, 5.41) is 3.96. The van der Waals surface area contributed by atoms with Crippen molar-refractivity contribution < 1.29 is 13.7 Å². The van der Waals surface area contributed by atoms with E-state index >= 15 is 0 Å². The lowest BCUT2D eigenvalue weighted by molar-refractivity contribution is -0.112. The van der Waals surface area contributed by atoms with E-state index in [2.05, 4.69) is 15.0 Å². The Morgan fingerprint density at radius 3 is 2.67 bits per heavy atom. The van der Waals surface area contributed by atoms with E-state index in [9.17, 15) is 9.18 Å². The molecule has 1 aliphatic rings. The van der Waals surface area contributed by atoms with Crippen LogP contribution in [0.3, 0.4) is 0 Å². The van der Waals surface area contributed by atoms with Crippen molar-refractivity contribution in [2.24, 2.45) is 5.92 Å². The van der Waals surface area contributed by atoms with Crippen LogP contribution in [0.4, 0.5) is 4.39 Å². The molecule has 0 spiro atoms. The van der Waals surface area contributed by atoms with Crippen LogP contribution in [-0.4, -0.2) is 34.4 Å². The molecule has 1 aromatic carbocycles. The summed E-state index contributed by atoms with van der Waals surface area (Å²) in [6.45, 7) is 2.34. The van der Waals surface area contributed by atoms with Gasteiger partial charge in [0.25, 0.3) is 5.89 Å². The number of carbonyl (C=O) groups is 1. The maximum Gasteiger partial charge on any atom is 0.257 e. The number of rotatable bonds is 4. The lowest BCUT2D eigenvalue weighted by Crippen LogP contribution is -2.33. The average Bonchev–Trinajstić information content (AvgIpc) is 2.97. The van der Waals surface area contributed by atoms with E-state index in [1.54, 1.807) is 12.1 Å². The van der Waals surface area contributed by atoms with Crippen LogP contribution >= 0.6 is 0 Å². The van der Waals surface area contributed by atoms with E-state index < -0.39 is 0 Å². The number of aromatic nitrogens is 2. The highest BCUT2D eigenvalue weighted by Gasteiger charge is 2.20. The molecule has 2 aromatic rings. The number of benzene rings is 1.